The molecule has 1 fully saturated rings. The van der Waals surface area contributed by atoms with Crippen LogP contribution in [0.5, 0.6) is 5.75 Å². The molecule has 2 rings (SSSR count). The van der Waals surface area contributed by atoms with Gasteiger partial charge in [0.15, 0.2) is 0 Å². The fourth-order valence-corrected chi connectivity index (χ4v) is 2.24. The summed E-state index contributed by atoms with van der Waals surface area (Å²) >= 11 is 5.73. The van der Waals surface area contributed by atoms with E-state index in [2.05, 4.69) is 0 Å². The van der Waals surface area contributed by atoms with E-state index in [1.807, 2.05) is 0 Å². The molecule has 0 aromatic heterocycles. The molecule has 5 heteroatoms. The summed E-state index contributed by atoms with van der Waals surface area (Å²) in [5.41, 5.74) is -0.00183. The molecule has 1 saturated heterocycles. The van der Waals surface area contributed by atoms with Crippen molar-refractivity contribution in [1.82, 2.24) is 4.90 Å². The first-order chi connectivity index (χ1) is 8.11. The number of likely N-dealkylation sites (tertiary alicyclic amines) is 1. The van der Waals surface area contributed by atoms with Crippen molar-refractivity contribution < 1.29 is 14.3 Å². The highest BCUT2D eigenvalue weighted by Gasteiger charge is 2.27. The van der Waals surface area contributed by atoms with Crippen LogP contribution in [-0.4, -0.2) is 34.9 Å². The molecule has 0 spiro atoms. The van der Waals surface area contributed by atoms with Crippen molar-refractivity contribution in [3.63, 3.8) is 0 Å². The Morgan fingerprint density at radius 1 is 1.59 bits per heavy atom. The summed E-state index contributed by atoms with van der Waals surface area (Å²) in [6.07, 6.45) is 0.856. The number of nitrogens with zero attached hydrogens (tertiary/aromatic N) is 1. The van der Waals surface area contributed by atoms with Crippen molar-refractivity contribution in [1.29, 1.82) is 0 Å². The van der Waals surface area contributed by atoms with Gasteiger partial charge in [-0.25, -0.2) is 4.39 Å². The van der Waals surface area contributed by atoms with Crippen LogP contribution in [0.4, 0.5) is 4.39 Å². The number of aromatic hydroxyl groups is 1. The number of rotatable bonds is 2. The number of carbonyl (C=O) groups is 1. The van der Waals surface area contributed by atoms with Gasteiger partial charge in [-0.05, 0) is 24.5 Å². The number of amides is 1. The third kappa shape index (κ3) is 2.52. The second-order valence-corrected chi connectivity index (χ2v) is 4.53. The monoisotopic (exact) mass is 257 g/mol. The maximum atomic E-state index is 13.5. The lowest BCUT2D eigenvalue weighted by atomic mass is 10.1. The van der Waals surface area contributed by atoms with Gasteiger partial charge in [-0.1, -0.05) is 0 Å². The van der Waals surface area contributed by atoms with Gasteiger partial charge >= 0.3 is 0 Å². The summed E-state index contributed by atoms with van der Waals surface area (Å²) in [6.45, 7) is 1.18. The molecule has 17 heavy (non-hydrogen) atoms. The molecular weight excluding hydrogens is 245 g/mol. The number of hydrogen-bond donors (Lipinski definition) is 1. The molecule has 1 unspecified atom stereocenters. The normalized spacial score (nSPS) is 19.6. The van der Waals surface area contributed by atoms with E-state index in [-0.39, 0.29) is 17.2 Å². The van der Waals surface area contributed by atoms with E-state index in [1.54, 1.807) is 4.90 Å². The third-order valence-electron chi connectivity index (χ3n) is 2.97. The van der Waals surface area contributed by atoms with Gasteiger partial charge in [-0.3, -0.25) is 4.79 Å². The van der Waals surface area contributed by atoms with Gasteiger partial charge in [0, 0.05) is 25.0 Å². The first-order valence-corrected chi connectivity index (χ1v) is 5.99. The highest BCUT2D eigenvalue weighted by molar-refractivity contribution is 6.18. The van der Waals surface area contributed by atoms with E-state index < -0.39 is 5.82 Å². The lowest BCUT2D eigenvalue weighted by Gasteiger charge is -2.16. The number of halogens is 2. The van der Waals surface area contributed by atoms with E-state index in [0.29, 0.717) is 24.9 Å². The molecule has 1 aliphatic rings. The predicted molar refractivity (Wildman–Crippen MR) is 62.8 cm³/mol. The number of alkyl halides is 1. The Balaban J connectivity index is 2.15. The molecule has 1 heterocycles. The minimum Gasteiger partial charge on any atom is -0.508 e. The molecule has 1 aromatic rings. The molecule has 0 aliphatic carbocycles. The van der Waals surface area contributed by atoms with Crippen LogP contribution in [0.3, 0.4) is 0 Å². The van der Waals surface area contributed by atoms with E-state index in [4.69, 9.17) is 16.7 Å². The molecule has 0 bridgehead atoms. The predicted octanol–water partition coefficient (Wildman–Crippen LogP) is 2.23. The van der Waals surface area contributed by atoms with Crippen molar-refractivity contribution in [3.8, 4) is 5.75 Å². The molecule has 3 nitrogen and oxygen atoms in total. The molecule has 1 aliphatic heterocycles. The Morgan fingerprint density at radius 3 is 2.94 bits per heavy atom. The fraction of sp³-hybridized carbons (Fsp3) is 0.417. The van der Waals surface area contributed by atoms with Crippen molar-refractivity contribution in [2.45, 2.75) is 6.42 Å². The molecule has 0 radical (unpaired) electrons. The van der Waals surface area contributed by atoms with Crippen LogP contribution in [-0.2, 0) is 0 Å². The maximum absolute atomic E-state index is 13.5. The van der Waals surface area contributed by atoms with Gasteiger partial charge < -0.3 is 10.0 Å². The first-order valence-electron chi connectivity index (χ1n) is 5.45. The molecule has 0 saturated carbocycles. The van der Waals surface area contributed by atoms with Gasteiger partial charge in [0.1, 0.15) is 11.6 Å². The SMILES string of the molecule is O=C(c1ccc(O)cc1F)N1CCC(CCl)C1. The zero-order chi connectivity index (χ0) is 12.4. The summed E-state index contributed by atoms with van der Waals surface area (Å²) in [7, 11) is 0. The van der Waals surface area contributed by atoms with Crippen LogP contribution >= 0.6 is 11.6 Å². The van der Waals surface area contributed by atoms with E-state index in [0.717, 1.165) is 12.5 Å². The van der Waals surface area contributed by atoms with Crippen LogP contribution < -0.4 is 0 Å². The van der Waals surface area contributed by atoms with Gasteiger partial charge in [-0.15, -0.1) is 11.6 Å². The minimum absolute atomic E-state index is 0.00183. The van der Waals surface area contributed by atoms with Crippen LogP contribution in [0.2, 0.25) is 0 Å². The lowest BCUT2D eigenvalue weighted by molar-refractivity contribution is 0.0783. The van der Waals surface area contributed by atoms with Gasteiger partial charge in [0.25, 0.3) is 5.91 Å². The summed E-state index contributed by atoms with van der Waals surface area (Å²) in [4.78, 5) is 13.6. The summed E-state index contributed by atoms with van der Waals surface area (Å²) in [5, 5.41) is 9.08. The van der Waals surface area contributed by atoms with Gasteiger partial charge in [0.2, 0.25) is 0 Å². The molecular formula is C12H13ClFNO2. The average Bonchev–Trinajstić information content (AvgIpc) is 2.76. The Kier molecular flexibility index (Phi) is 3.52. The van der Waals surface area contributed by atoms with Crippen molar-refractivity contribution in [3.05, 3.63) is 29.6 Å². The largest absolute Gasteiger partial charge is 0.508 e. The highest BCUT2D eigenvalue weighted by Crippen LogP contribution is 2.22. The van der Waals surface area contributed by atoms with E-state index >= 15 is 0 Å². The Bertz CT molecular complexity index is 439. The number of carbonyl (C=O) groups excluding carboxylic acids is 1. The second kappa shape index (κ2) is 4.92. The van der Waals surface area contributed by atoms with E-state index in [1.165, 1.54) is 12.1 Å². The number of phenols is 1. The third-order valence-corrected chi connectivity index (χ3v) is 3.41. The van der Waals surface area contributed by atoms with Gasteiger partial charge in [0.05, 0.1) is 5.56 Å². The Hall–Kier alpha value is -1.29. The smallest absolute Gasteiger partial charge is 0.256 e. The quantitative estimate of drug-likeness (QED) is 0.826. The summed E-state index contributed by atoms with van der Waals surface area (Å²) in [6, 6.07) is 3.56. The van der Waals surface area contributed by atoms with Crippen LogP contribution in [0.15, 0.2) is 18.2 Å². The molecule has 1 atom stereocenters. The van der Waals surface area contributed by atoms with Crippen molar-refractivity contribution >= 4 is 17.5 Å². The Labute approximate surface area is 104 Å². The Morgan fingerprint density at radius 2 is 2.35 bits per heavy atom. The minimum atomic E-state index is -0.690. The van der Waals surface area contributed by atoms with Gasteiger partial charge in [-0.2, -0.15) is 0 Å². The molecule has 1 amide bonds. The second-order valence-electron chi connectivity index (χ2n) is 4.22. The zero-order valence-electron chi connectivity index (χ0n) is 9.20. The summed E-state index contributed by atoms with van der Waals surface area (Å²) in [5.74, 6) is -0.402. The number of phenolic OH excluding ortho intramolecular Hbond substituents is 1. The molecule has 1 N–H and O–H groups in total. The molecule has 1 aromatic carbocycles. The van der Waals surface area contributed by atoms with Crippen molar-refractivity contribution in [2.75, 3.05) is 19.0 Å². The van der Waals surface area contributed by atoms with Crippen LogP contribution in [0.25, 0.3) is 0 Å². The van der Waals surface area contributed by atoms with E-state index in [9.17, 15) is 9.18 Å². The average molecular weight is 258 g/mol. The highest BCUT2D eigenvalue weighted by atomic mass is 35.5. The number of hydrogen-bond acceptors (Lipinski definition) is 2. The lowest BCUT2D eigenvalue weighted by Crippen LogP contribution is -2.29. The number of benzene rings is 1. The maximum Gasteiger partial charge on any atom is 0.256 e. The fourth-order valence-electron chi connectivity index (χ4n) is 1.99. The van der Waals surface area contributed by atoms with Crippen LogP contribution in [0.1, 0.15) is 16.8 Å². The first kappa shape index (κ1) is 12.2. The van der Waals surface area contributed by atoms with Crippen LogP contribution in [0, 0.1) is 11.7 Å². The summed E-state index contributed by atoms with van der Waals surface area (Å²) < 4.78 is 13.5. The standard InChI is InChI=1S/C12H13ClFNO2/c13-6-8-3-4-15(7-8)12(17)10-2-1-9(16)5-11(10)14/h1-2,5,8,16H,3-4,6-7H2. The zero-order valence-corrected chi connectivity index (χ0v) is 9.95. The van der Waals surface area contributed by atoms with Crippen molar-refractivity contribution in [2.24, 2.45) is 5.92 Å². The molecule has 92 valence electrons. The topological polar surface area (TPSA) is 40.5 Å².